The van der Waals surface area contributed by atoms with Gasteiger partial charge in [-0.3, -0.25) is 5.43 Å². The van der Waals surface area contributed by atoms with Crippen molar-refractivity contribution in [2.24, 2.45) is 0 Å². The van der Waals surface area contributed by atoms with Gasteiger partial charge in [0.15, 0.2) is 5.82 Å². The van der Waals surface area contributed by atoms with Crippen molar-refractivity contribution < 1.29 is 4.52 Å². The summed E-state index contributed by atoms with van der Waals surface area (Å²) in [7, 11) is 1.93. The van der Waals surface area contributed by atoms with Gasteiger partial charge in [0.05, 0.1) is 12.0 Å². The largest absolute Gasteiger partial charge is 0.339 e. The van der Waals surface area contributed by atoms with E-state index in [9.17, 15) is 0 Å². The summed E-state index contributed by atoms with van der Waals surface area (Å²) in [5.74, 6) is 1.60. The number of nitrogens with one attached hydrogen (secondary N) is 3. The molecule has 0 radical (unpaired) electrons. The molecule has 2 aromatic rings. The van der Waals surface area contributed by atoms with Crippen molar-refractivity contribution in [3.63, 3.8) is 0 Å². The molecule has 3 atom stereocenters. The first-order chi connectivity index (χ1) is 10.3. The van der Waals surface area contributed by atoms with Gasteiger partial charge >= 0.3 is 0 Å². The zero-order chi connectivity index (χ0) is 14.7. The summed E-state index contributed by atoms with van der Waals surface area (Å²) < 4.78 is 5.48. The van der Waals surface area contributed by atoms with Gasteiger partial charge in [0.2, 0.25) is 5.89 Å². The van der Waals surface area contributed by atoms with E-state index < -0.39 is 0 Å². The van der Waals surface area contributed by atoms with Crippen LogP contribution < -0.4 is 16.2 Å². The molecule has 1 aromatic carbocycles. The van der Waals surface area contributed by atoms with Crippen LogP contribution in [0.25, 0.3) is 0 Å². The summed E-state index contributed by atoms with van der Waals surface area (Å²) in [5.41, 5.74) is 7.70. The summed E-state index contributed by atoms with van der Waals surface area (Å²) in [6.07, 6.45) is 0.767. The number of hydrogen-bond acceptors (Lipinski definition) is 6. The third-order valence-electron chi connectivity index (χ3n) is 3.92. The van der Waals surface area contributed by atoms with Gasteiger partial charge in [-0.05, 0) is 19.5 Å². The van der Waals surface area contributed by atoms with Crippen molar-refractivity contribution in [3.8, 4) is 0 Å². The number of hydrogen-bond donors (Lipinski definition) is 3. The summed E-state index contributed by atoms with van der Waals surface area (Å²) in [4.78, 5) is 4.56. The average molecular weight is 324 g/mol. The highest BCUT2D eigenvalue weighted by atomic mass is 35.5. The van der Waals surface area contributed by atoms with E-state index in [1.165, 1.54) is 5.56 Å². The van der Waals surface area contributed by atoms with Gasteiger partial charge in [-0.15, -0.1) is 12.4 Å². The molecule has 3 unspecified atom stereocenters. The molecular formula is C15H22ClN5O. The standard InChI is InChI=1S/C15H21N5O.ClH/c1-10(16-2)8-13-18-15(21-20-13)12-9-17-19-14(12)11-6-4-3-5-7-11;/h3-7,10,12,14,16-17,19H,8-9H2,1-2H3;1H. The number of nitrogens with zero attached hydrogens (tertiary/aromatic N) is 2. The van der Waals surface area contributed by atoms with Gasteiger partial charge in [0.25, 0.3) is 0 Å². The van der Waals surface area contributed by atoms with Crippen LogP contribution in [-0.2, 0) is 6.42 Å². The lowest BCUT2D eigenvalue weighted by atomic mass is 9.95. The molecule has 1 aromatic heterocycles. The fourth-order valence-electron chi connectivity index (χ4n) is 2.58. The Kier molecular flexibility index (Phi) is 5.90. The second-order valence-electron chi connectivity index (χ2n) is 5.46. The molecule has 3 rings (SSSR count). The first-order valence-corrected chi connectivity index (χ1v) is 7.31. The van der Waals surface area contributed by atoms with E-state index in [1.54, 1.807) is 0 Å². The molecule has 120 valence electrons. The highest BCUT2D eigenvalue weighted by Crippen LogP contribution is 2.32. The predicted molar refractivity (Wildman–Crippen MR) is 86.8 cm³/mol. The molecule has 1 fully saturated rings. The van der Waals surface area contributed by atoms with Crippen LogP contribution in [0, 0.1) is 0 Å². The number of aromatic nitrogens is 2. The molecule has 1 aliphatic heterocycles. The Morgan fingerprint density at radius 2 is 2.14 bits per heavy atom. The quantitative estimate of drug-likeness (QED) is 0.775. The van der Waals surface area contributed by atoms with E-state index in [0.29, 0.717) is 11.9 Å². The normalized spacial score (nSPS) is 22.3. The highest BCUT2D eigenvalue weighted by Gasteiger charge is 2.33. The van der Waals surface area contributed by atoms with Crippen molar-refractivity contribution in [2.75, 3.05) is 13.6 Å². The maximum absolute atomic E-state index is 5.48. The molecule has 22 heavy (non-hydrogen) atoms. The molecule has 0 aliphatic carbocycles. The van der Waals surface area contributed by atoms with E-state index >= 15 is 0 Å². The topological polar surface area (TPSA) is 75.0 Å². The van der Waals surface area contributed by atoms with Crippen LogP contribution in [0.15, 0.2) is 34.9 Å². The van der Waals surface area contributed by atoms with E-state index in [0.717, 1.165) is 18.8 Å². The van der Waals surface area contributed by atoms with Gasteiger partial charge in [0, 0.05) is 19.0 Å². The summed E-state index contributed by atoms with van der Waals surface area (Å²) in [6.45, 7) is 2.88. The number of rotatable bonds is 5. The third-order valence-corrected chi connectivity index (χ3v) is 3.92. The second kappa shape index (κ2) is 7.69. The van der Waals surface area contributed by atoms with Crippen molar-refractivity contribution in [1.82, 2.24) is 26.3 Å². The Labute approximate surface area is 136 Å². The summed E-state index contributed by atoms with van der Waals surface area (Å²) in [6, 6.07) is 10.8. The van der Waals surface area contributed by atoms with Crippen LogP contribution in [0.5, 0.6) is 0 Å². The Balaban J connectivity index is 0.00000176. The van der Waals surface area contributed by atoms with Crippen molar-refractivity contribution in [2.45, 2.75) is 31.3 Å². The highest BCUT2D eigenvalue weighted by molar-refractivity contribution is 5.85. The average Bonchev–Trinajstić information content (AvgIpc) is 3.16. The predicted octanol–water partition coefficient (Wildman–Crippen LogP) is 1.57. The molecule has 1 aliphatic rings. The molecule has 0 bridgehead atoms. The number of likely N-dealkylation sites (N-methyl/N-ethyl adjacent to an activating group) is 1. The van der Waals surface area contributed by atoms with Crippen molar-refractivity contribution in [3.05, 3.63) is 47.6 Å². The lowest BCUT2D eigenvalue weighted by molar-refractivity contribution is 0.342. The molecular weight excluding hydrogens is 302 g/mol. The second-order valence-corrected chi connectivity index (χ2v) is 5.46. The van der Waals surface area contributed by atoms with Crippen LogP contribution in [0.3, 0.4) is 0 Å². The van der Waals surface area contributed by atoms with E-state index in [1.807, 2.05) is 25.2 Å². The maximum atomic E-state index is 5.48. The molecule has 7 heteroatoms. The van der Waals surface area contributed by atoms with Crippen LogP contribution in [0.2, 0.25) is 0 Å². The zero-order valence-electron chi connectivity index (χ0n) is 12.7. The maximum Gasteiger partial charge on any atom is 0.233 e. The minimum Gasteiger partial charge on any atom is -0.339 e. The van der Waals surface area contributed by atoms with Crippen LogP contribution in [0.4, 0.5) is 0 Å². The van der Waals surface area contributed by atoms with Gasteiger partial charge in [-0.25, -0.2) is 5.43 Å². The van der Waals surface area contributed by atoms with Crippen LogP contribution >= 0.6 is 12.4 Å². The number of benzene rings is 1. The number of hydrazine groups is 1. The lowest BCUT2D eigenvalue weighted by Gasteiger charge is -2.15. The number of halogens is 1. The fraction of sp³-hybridized carbons (Fsp3) is 0.467. The first-order valence-electron chi connectivity index (χ1n) is 7.31. The fourth-order valence-corrected chi connectivity index (χ4v) is 2.58. The molecule has 0 spiro atoms. The van der Waals surface area contributed by atoms with Crippen LogP contribution in [0.1, 0.15) is 36.2 Å². The van der Waals surface area contributed by atoms with Gasteiger partial charge in [-0.2, -0.15) is 4.98 Å². The lowest BCUT2D eigenvalue weighted by Crippen LogP contribution is -2.24. The molecule has 0 amide bonds. The summed E-state index contributed by atoms with van der Waals surface area (Å²) >= 11 is 0. The smallest absolute Gasteiger partial charge is 0.233 e. The monoisotopic (exact) mass is 323 g/mol. The van der Waals surface area contributed by atoms with Crippen molar-refractivity contribution >= 4 is 12.4 Å². The van der Waals surface area contributed by atoms with E-state index in [2.05, 4.69) is 45.4 Å². The van der Waals surface area contributed by atoms with E-state index in [-0.39, 0.29) is 24.4 Å². The molecule has 2 heterocycles. The molecule has 1 saturated heterocycles. The third kappa shape index (κ3) is 3.64. The minimum atomic E-state index is 0. The van der Waals surface area contributed by atoms with Gasteiger partial charge in [0.1, 0.15) is 0 Å². The SMILES string of the molecule is CNC(C)Cc1noc(C2CNNC2c2ccccc2)n1.Cl. The van der Waals surface area contributed by atoms with Gasteiger partial charge in [-0.1, -0.05) is 35.5 Å². The first kappa shape index (κ1) is 16.9. The Bertz CT molecular complexity index is 576. The Morgan fingerprint density at radius 3 is 2.86 bits per heavy atom. The van der Waals surface area contributed by atoms with Crippen LogP contribution in [-0.4, -0.2) is 29.8 Å². The Morgan fingerprint density at radius 1 is 1.36 bits per heavy atom. The summed E-state index contributed by atoms with van der Waals surface area (Å²) in [5, 5.41) is 7.28. The molecule has 6 nitrogen and oxygen atoms in total. The minimum absolute atomic E-state index is 0. The van der Waals surface area contributed by atoms with E-state index in [4.69, 9.17) is 4.52 Å². The van der Waals surface area contributed by atoms with Gasteiger partial charge < -0.3 is 9.84 Å². The zero-order valence-corrected chi connectivity index (χ0v) is 13.6. The Hall–Kier alpha value is -1.47. The van der Waals surface area contributed by atoms with Crippen molar-refractivity contribution in [1.29, 1.82) is 0 Å². The molecule has 0 saturated carbocycles. The molecule has 3 N–H and O–H groups in total.